The van der Waals surface area contributed by atoms with Crippen molar-refractivity contribution in [1.29, 1.82) is 0 Å². The molecule has 3 heteroatoms. The number of hydrogen-bond acceptors (Lipinski definition) is 2. The Hall–Kier alpha value is -2.00. The first-order chi connectivity index (χ1) is 9.28. The zero-order valence-electron chi connectivity index (χ0n) is 10.5. The van der Waals surface area contributed by atoms with E-state index in [2.05, 4.69) is 31.2 Å². The first-order valence-electron chi connectivity index (χ1n) is 6.08. The first kappa shape index (κ1) is 12.1. The van der Waals surface area contributed by atoms with Crippen molar-refractivity contribution in [2.75, 3.05) is 0 Å². The summed E-state index contributed by atoms with van der Waals surface area (Å²) in [5.74, 6) is 0. The second kappa shape index (κ2) is 4.94. The zero-order valence-corrected chi connectivity index (χ0v) is 11.4. The molecule has 0 bridgehead atoms. The van der Waals surface area contributed by atoms with Gasteiger partial charge in [-0.15, -0.1) is 0 Å². The summed E-state index contributed by atoms with van der Waals surface area (Å²) in [7, 11) is 0. The van der Waals surface area contributed by atoms with Gasteiger partial charge in [0.15, 0.2) is 6.29 Å². The van der Waals surface area contributed by atoms with Gasteiger partial charge < -0.3 is 0 Å². The number of rotatable bonds is 3. The van der Waals surface area contributed by atoms with Crippen molar-refractivity contribution < 1.29 is 4.79 Å². The highest BCUT2D eigenvalue weighted by molar-refractivity contribution is 7.98. The van der Waals surface area contributed by atoms with E-state index >= 15 is 0 Å². The van der Waals surface area contributed by atoms with Crippen molar-refractivity contribution in [1.82, 2.24) is 3.97 Å². The van der Waals surface area contributed by atoms with E-state index in [1.165, 1.54) is 5.56 Å². The average molecular weight is 267 g/mol. The van der Waals surface area contributed by atoms with E-state index < -0.39 is 0 Å². The van der Waals surface area contributed by atoms with Crippen LogP contribution in [0.25, 0.3) is 10.9 Å². The number of nitrogens with zero attached hydrogens (tertiary/aromatic N) is 1. The molecule has 2 nitrogen and oxygen atoms in total. The number of fused-ring (bicyclic) bond motifs is 1. The largest absolute Gasteiger partial charge is 0.298 e. The molecule has 0 N–H and O–H groups in total. The lowest BCUT2D eigenvalue weighted by molar-refractivity contribution is 0.112. The van der Waals surface area contributed by atoms with Gasteiger partial charge in [0.05, 0.1) is 5.52 Å². The molecule has 0 spiro atoms. The van der Waals surface area contributed by atoms with Crippen molar-refractivity contribution in [2.45, 2.75) is 11.8 Å². The molecule has 0 fully saturated rings. The third kappa shape index (κ3) is 2.29. The molecule has 1 heterocycles. The minimum atomic E-state index is 0.732. The predicted molar refractivity (Wildman–Crippen MR) is 79.8 cm³/mol. The van der Waals surface area contributed by atoms with Crippen LogP contribution in [0.2, 0.25) is 0 Å². The van der Waals surface area contributed by atoms with Gasteiger partial charge in [0.2, 0.25) is 0 Å². The predicted octanol–water partition coefficient (Wildman–Crippen LogP) is 4.32. The lowest BCUT2D eigenvalue weighted by atomic mass is 10.2. The Labute approximate surface area is 116 Å². The molecule has 0 aliphatic heterocycles. The Balaban J connectivity index is 2.05. The molecule has 1 aromatic heterocycles. The van der Waals surface area contributed by atoms with E-state index in [1.54, 1.807) is 11.9 Å². The summed E-state index contributed by atoms with van der Waals surface area (Å²) in [5.41, 5.74) is 3.04. The maximum atomic E-state index is 11.1. The Kier molecular flexibility index (Phi) is 3.13. The molecule has 94 valence electrons. The molecule has 0 amide bonds. The number of hydrogen-bond donors (Lipinski definition) is 0. The second-order valence-corrected chi connectivity index (χ2v) is 5.50. The van der Waals surface area contributed by atoms with Gasteiger partial charge in [0, 0.05) is 22.0 Å². The van der Waals surface area contributed by atoms with Crippen LogP contribution in [0.15, 0.2) is 59.6 Å². The molecule has 0 aliphatic carbocycles. The SMILES string of the molecule is Cc1ccc(Sn2cc(C=O)c3ccccc32)cc1. The molecule has 19 heavy (non-hydrogen) atoms. The van der Waals surface area contributed by atoms with E-state index in [0.717, 1.165) is 27.6 Å². The summed E-state index contributed by atoms with van der Waals surface area (Å²) in [4.78, 5) is 12.3. The van der Waals surface area contributed by atoms with E-state index in [0.29, 0.717) is 0 Å². The van der Waals surface area contributed by atoms with Crippen LogP contribution in [-0.2, 0) is 0 Å². The fraction of sp³-hybridized carbons (Fsp3) is 0.0625. The summed E-state index contributed by atoms with van der Waals surface area (Å²) in [6.07, 6.45) is 2.80. The van der Waals surface area contributed by atoms with E-state index in [4.69, 9.17) is 0 Å². The molecular weight excluding hydrogens is 254 g/mol. The van der Waals surface area contributed by atoms with Crippen LogP contribution in [0.5, 0.6) is 0 Å². The van der Waals surface area contributed by atoms with E-state index in [-0.39, 0.29) is 0 Å². The van der Waals surface area contributed by atoms with Crippen LogP contribution >= 0.6 is 11.9 Å². The molecule has 0 saturated heterocycles. The standard InChI is InChI=1S/C16H13NOS/c1-12-6-8-14(9-7-12)19-17-10-13(11-18)15-4-2-3-5-16(15)17/h2-11H,1H3. The summed E-state index contributed by atoms with van der Waals surface area (Å²) in [6.45, 7) is 2.07. The van der Waals surface area contributed by atoms with Crippen LogP contribution in [0.4, 0.5) is 0 Å². The number of aryl methyl sites for hydroxylation is 1. The number of carbonyl (C=O) groups is 1. The smallest absolute Gasteiger partial charge is 0.152 e. The Morgan fingerprint density at radius 1 is 1.05 bits per heavy atom. The van der Waals surface area contributed by atoms with Crippen LogP contribution in [0, 0.1) is 6.92 Å². The highest BCUT2D eigenvalue weighted by Crippen LogP contribution is 2.28. The van der Waals surface area contributed by atoms with Crippen molar-refractivity contribution >= 4 is 29.1 Å². The topological polar surface area (TPSA) is 22.0 Å². The quantitative estimate of drug-likeness (QED) is 0.659. The number of aromatic nitrogens is 1. The minimum Gasteiger partial charge on any atom is -0.298 e. The molecule has 0 aliphatic rings. The maximum absolute atomic E-state index is 11.1. The van der Waals surface area contributed by atoms with Gasteiger partial charge >= 0.3 is 0 Å². The summed E-state index contributed by atoms with van der Waals surface area (Å²) in [6, 6.07) is 16.3. The monoisotopic (exact) mass is 267 g/mol. The summed E-state index contributed by atoms with van der Waals surface area (Å²) >= 11 is 1.62. The molecule has 3 rings (SSSR count). The van der Waals surface area contributed by atoms with Crippen molar-refractivity contribution in [3.05, 3.63) is 65.9 Å². The van der Waals surface area contributed by atoms with Crippen LogP contribution in [0.1, 0.15) is 15.9 Å². The summed E-state index contributed by atoms with van der Waals surface area (Å²) in [5, 5.41) is 0.997. The number of para-hydroxylation sites is 1. The molecule has 2 aromatic carbocycles. The fourth-order valence-corrected chi connectivity index (χ4v) is 2.97. The normalized spacial score (nSPS) is 10.8. The number of carbonyl (C=O) groups excluding carboxylic acids is 1. The van der Waals surface area contributed by atoms with Crippen LogP contribution < -0.4 is 0 Å². The van der Waals surface area contributed by atoms with Crippen LogP contribution in [0.3, 0.4) is 0 Å². The lowest BCUT2D eigenvalue weighted by Crippen LogP contribution is -1.84. The minimum absolute atomic E-state index is 0.732. The highest BCUT2D eigenvalue weighted by atomic mass is 32.2. The van der Waals surface area contributed by atoms with Crippen molar-refractivity contribution in [2.24, 2.45) is 0 Å². The molecule has 0 saturated carbocycles. The van der Waals surface area contributed by atoms with Gasteiger partial charge in [-0.1, -0.05) is 35.9 Å². The third-order valence-electron chi connectivity index (χ3n) is 3.06. The van der Waals surface area contributed by atoms with Gasteiger partial charge in [-0.3, -0.25) is 8.77 Å². The van der Waals surface area contributed by atoms with Crippen molar-refractivity contribution in [3.8, 4) is 0 Å². The third-order valence-corrected chi connectivity index (χ3v) is 4.04. The summed E-state index contributed by atoms with van der Waals surface area (Å²) < 4.78 is 2.05. The first-order valence-corrected chi connectivity index (χ1v) is 6.85. The molecule has 3 aromatic rings. The molecule has 0 radical (unpaired) electrons. The highest BCUT2D eigenvalue weighted by Gasteiger charge is 2.08. The van der Waals surface area contributed by atoms with E-state index in [9.17, 15) is 4.79 Å². The lowest BCUT2D eigenvalue weighted by Gasteiger charge is -2.04. The fourth-order valence-electron chi connectivity index (χ4n) is 2.06. The van der Waals surface area contributed by atoms with Gasteiger partial charge in [-0.05, 0) is 37.1 Å². The second-order valence-electron chi connectivity index (χ2n) is 4.45. The zero-order chi connectivity index (χ0) is 13.2. The van der Waals surface area contributed by atoms with Crippen molar-refractivity contribution in [3.63, 3.8) is 0 Å². The molecule has 0 atom stereocenters. The van der Waals surface area contributed by atoms with E-state index in [1.807, 2.05) is 34.4 Å². The van der Waals surface area contributed by atoms with Gasteiger partial charge in [-0.2, -0.15) is 0 Å². The molecular formula is C16H13NOS. The average Bonchev–Trinajstić information content (AvgIpc) is 2.80. The van der Waals surface area contributed by atoms with Gasteiger partial charge in [0.1, 0.15) is 0 Å². The van der Waals surface area contributed by atoms with Gasteiger partial charge in [0.25, 0.3) is 0 Å². The maximum Gasteiger partial charge on any atom is 0.152 e. The van der Waals surface area contributed by atoms with Gasteiger partial charge in [-0.25, -0.2) is 0 Å². The number of benzene rings is 2. The Morgan fingerprint density at radius 3 is 2.53 bits per heavy atom. The van der Waals surface area contributed by atoms with Crippen LogP contribution in [-0.4, -0.2) is 10.3 Å². The number of aldehydes is 1. The Morgan fingerprint density at radius 2 is 1.79 bits per heavy atom. The molecule has 0 unspecified atom stereocenters. The Bertz CT molecular complexity index is 728.